The van der Waals surface area contributed by atoms with E-state index in [1.165, 1.54) is 0 Å². The summed E-state index contributed by atoms with van der Waals surface area (Å²) in [6.07, 6.45) is -1.03. The van der Waals surface area contributed by atoms with Gasteiger partial charge >= 0.3 is 6.09 Å². The van der Waals surface area contributed by atoms with Crippen molar-refractivity contribution in [1.82, 2.24) is 5.32 Å². The largest absolute Gasteiger partial charge is 0.465 e. The minimum absolute atomic E-state index is 0.0554. The second kappa shape index (κ2) is 3.87. The van der Waals surface area contributed by atoms with Crippen LogP contribution in [0.4, 0.5) is 4.79 Å². The monoisotopic (exact) mass is 155 g/mol. The van der Waals surface area contributed by atoms with Gasteiger partial charge in [0.2, 0.25) is 0 Å². The number of carboxylic acid groups (broad SMARTS) is 1. The van der Waals surface area contributed by atoms with E-state index in [9.17, 15) is 4.79 Å². The highest BCUT2D eigenvalue weighted by atomic mass is 16.4. The lowest BCUT2D eigenvalue weighted by atomic mass is 9.98. The molecule has 62 valence electrons. The molecule has 0 radical (unpaired) electrons. The third-order valence-corrected chi connectivity index (χ3v) is 0.791. The van der Waals surface area contributed by atoms with E-state index in [0.29, 0.717) is 0 Å². The van der Waals surface area contributed by atoms with Crippen molar-refractivity contribution in [2.75, 3.05) is 6.54 Å². The summed E-state index contributed by atoms with van der Waals surface area (Å²) in [6.45, 7) is 6.12. The normalized spacial score (nSPS) is 9.73. The molecule has 2 N–H and O–H groups in total. The highest BCUT2D eigenvalue weighted by Gasteiger charge is 2.02. The van der Waals surface area contributed by atoms with E-state index < -0.39 is 6.09 Å². The Morgan fingerprint density at radius 3 is 2.45 bits per heavy atom. The van der Waals surface area contributed by atoms with Crippen molar-refractivity contribution in [3.8, 4) is 11.8 Å². The van der Waals surface area contributed by atoms with Gasteiger partial charge in [-0.25, -0.2) is 4.79 Å². The van der Waals surface area contributed by atoms with E-state index in [-0.39, 0.29) is 12.0 Å². The molecule has 0 bridgehead atoms. The first-order valence-corrected chi connectivity index (χ1v) is 3.38. The third-order valence-electron chi connectivity index (χ3n) is 0.791. The van der Waals surface area contributed by atoms with Crippen LogP contribution in [0.5, 0.6) is 0 Å². The van der Waals surface area contributed by atoms with E-state index in [1.54, 1.807) is 0 Å². The minimum Gasteiger partial charge on any atom is -0.465 e. The molecule has 0 saturated carbocycles. The molecule has 0 aromatic heterocycles. The van der Waals surface area contributed by atoms with E-state index in [4.69, 9.17) is 5.11 Å². The molecule has 0 fully saturated rings. The predicted octanol–water partition coefficient (Wildman–Crippen LogP) is 1.30. The molecule has 0 aliphatic heterocycles. The smallest absolute Gasteiger partial charge is 0.405 e. The molecule has 0 heterocycles. The minimum atomic E-state index is -1.03. The molecule has 0 atom stereocenters. The Balaban J connectivity index is 3.66. The molecular formula is C8H13NO2. The van der Waals surface area contributed by atoms with Gasteiger partial charge in [0.25, 0.3) is 0 Å². The molecular weight excluding hydrogens is 142 g/mol. The predicted molar refractivity (Wildman–Crippen MR) is 43.3 cm³/mol. The van der Waals surface area contributed by atoms with Crippen LogP contribution in [0.15, 0.2) is 0 Å². The maximum Gasteiger partial charge on any atom is 0.405 e. The lowest BCUT2D eigenvalue weighted by Gasteiger charge is -2.06. The van der Waals surface area contributed by atoms with Gasteiger partial charge in [-0.3, -0.25) is 0 Å². The van der Waals surface area contributed by atoms with Crippen LogP contribution in [0.3, 0.4) is 0 Å². The van der Waals surface area contributed by atoms with Crippen molar-refractivity contribution in [3.05, 3.63) is 0 Å². The first-order valence-electron chi connectivity index (χ1n) is 3.38. The number of nitrogens with one attached hydrogen (secondary N) is 1. The number of hydrogen-bond donors (Lipinski definition) is 2. The first kappa shape index (κ1) is 9.83. The summed E-state index contributed by atoms with van der Waals surface area (Å²) < 4.78 is 0. The maximum atomic E-state index is 9.94. The fraction of sp³-hybridized carbons (Fsp3) is 0.625. The molecule has 0 saturated heterocycles. The molecule has 0 aromatic carbocycles. The van der Waals surface area contributed by atoms with Crippen molar-refractivity contribution in [1.29, 1.82) is 0 Å². The average Bonchev–Trinajstić information content (AvgIpc) is 1.78. The van der Waals surface area contributed by atoms with E-state index in [1.807, 2.05) is 20.8 Å². The Labute approximate surface area is 66.8 Å². The molecule has 0 aromatic rings. The molecule has 0 aliphatic rings. The summed E-state index contributed by atoms with van der Waals surface area (Å²) in [5.41, 5.74) is -0.0554. The summed E-state index contributed by atoms with van der Waals surface area (Å²) in [5.74, 6) is 5.62. The first-order chi connectivity index (χ1) is 4.92. The van der Waals surface area contributed by atoms with Crippen molar-refractivity contribution >= 4 is 6.09 Å². The molecule has 0 unspecified atom stereocenters. The Morgan fingerprint density at radius 2 is 2.09 bits per heavy atom. The summed E-state index contributed by atoms with van der Waals surface area (Å²) in [7, 11) is 0. The molecule has 0 rings (SSSR count). The van der Waals surface area contributed by atoms with Gasteiger partial charge in [-0.1, -0.05) is 11.8 Å². The van der Waals surface area contributed by atoms with E-state index >= 15 is 0 Å². The van der Waals surface area contributed by atoms with Gasteiger partial charge in [-0.05, 0) is 20.8 Å². The quantitative estimate of drug-likeness (QED) is 0.561. The van der Waals surface area contributed by atoms with E-state index in [0.717, 1.165) is 0 Å². The highest BCUT2D eigenvalue weighted by molar-refractivity contribution is 5.64. The lowest BCUT2D eigenvalue weighted by molar-refractivity contribution is 0.196. The number of amides is 1. The fourth-order valence-corrected chi connectivity index (χ4v) is 0.429. The Hall–Kier alpha value is -1.17. The van der Waals surface area contributed by atoms with Crippen molar-refractivity contribution in [3.63, 3.8) is 0 Å². The zero-order valence-corrected chi connectivity index (χ0v) is 7.06. The van der Waals surface area contributed by atoms with E-state index in [2.05, 4.69) is 17.2 Å². The van der Waals surface area contributed by atoms with Crippen LogP contribution >= 0.6 is 0 Å². The third kappa shape index (κ3) is 8.83. The maximum absolute atomic E-state index is 9.94. The van der Waals surface area contributed by atoms with Crippen LogP contribution in [0.2, 0.25) is 0 Å². The summed E-state index contributed by atoms with van der Waals surface area (Å²) in [5, 5.41) is 10.3. The number of rotatable bonds is 1. The van der Waals surface area contributed by atoms with Crippen molar-refractivity contribution < 1.29 is 9.90 Å². The fourth-order valence-electron chi connectivity index (χ4n) is 0.429. The average molecular weight is 155 g/mol. The lowest BCUT2D eigenvalue weighted by Crippen LogP contribution is -2.20. The number of hydrogen-bond acceptors (Lipinski definition) is 1. The SMILES string of the molecule is CC(C)(C)C#CCNC(=O)O. The zero-order valence-electron chi connectivity index (χ0n) is 7.06. The topological polar surface area (TPSA) is 49.3 Å². The Kier molecular flexibility index (Phi) is 3.46. The molecule has 11 heavy (non-hydrogen) atoms. The van der Waals surface area contributed by atoms with Crippen LogP contribution in [0.1, 0.15) is 20.8 Å². The molecule has 3 nitrogen and oxygen atoms in total. The standard InChI is InChI=1S/C8H13NO2/c1-8(2,3)5-4-6-9-7(10)11/h9H,6H2,1-3H3,(H,10,11). The van der Waals surface area contributed by atoms with Crippen LogP contribution in [0.25, 0.3) is 0 Å². The van der Waals surface area contributed by atoms with Crippen LogP contribution in [-0.2, 0) is 0 Å². The second-order valence-corrected chi connectivity index (χ2v) is 3.21. The molecule has 1 amide bonds. The highest BCUT2D eigenvalue weighted by Crippen LogP contribution is 2.09. The Morgan fingerprint density at radius 1 is 1.55 bits per heavy atom. The van der Waals surface area contributed by atoms with Gasteiger partial charge in [0.15, 0.2) is 0 Å². The van der Waals surface area contributed by atoms with Crippen molar-refractivity contribution in [2.24, 2.45) is 5.41 Å². The zero-order chi connectivity index (χ0) is 8.91. The van der Waals surface area contributed by atoms with Gasteiger partial charge in [0.1, 0.15) is 0 Å². The van der Waals surface area contributed by atoms with Crippen LogP contribution in [0, 0.1) is 17.3 Å². The van der Waals surface area contributed by atoms with Gasteiger partial charge in [0.05, 0.1) is 6.54 Å². The van der Waals surface area contributed by atoms with Gasteiger partial charge < -0.3 is 10.4 Å². The molecule has 0 aliphatic carbocycles. The van der Waals surface area contributed by atoms with Gasteiger partial charge in [-0.15, -0.1) is 0 Å². The van der Waals surface area contributed by atoms with Crippen molar-refractivity contribution in [2.45, 2.75) is 20.8 Å². The second-order valence-electron chi connectivity index (χ2n) is 3.21. The van der Waals surface area contributed by atoms with Crippen LogP contribution < -0.4 is 5.32 Å². The number of carbonyl (C=O) groups is 1. The van der Waals surface area contributed by atoms with Crippen LogP contribution in [-0.4, -0.2) is 17.7 Å². The summed E-state index contributed by atoms with van der Waals surface area (Å²) in [6, 6.07) is 0. The Bertz CT molecular complexity index is 192. The van der Waals surface area contributed by atoms with Gasteiger partial charge in [-0.2, -0.15) is 0 Å². The van der Waals surface area contributed by atoms with Gasteiger partial charge in [0, 0.05) is 5.41 Å². The summed E-state index contributed by atoms with van der Waals surface area (Å²) >= 11 is 0. The summed E-state index contributed by atoms with van der Waals surface area (Å²) in [4.78, 5) is 9.94. The molecule has 3 heteroatoms. The molecule has 0 spiro atoms.